The van der Waals surface area contributed by atoms with Crippen LogP contribution in [0.4, 0.5) is 10.5 Å². The molecule has 2 aromatic rings. The Morgan fingerprint density at radius 3 is 3.00 bits per heavy atom. The SMILES string of the molecule is O=C(NCCCn1nc2n(c1=O)CCCC2)Nc1cccc(I)c1. The number of fused-ring (bicyclic) bond motifs is 1. The molecule has 0 radical (unpaired) electrons. The quantitative estimate of drug-likeness (QED) is 0.552. The first-order chi connectivity index (χ1) is 11.6. The number of aryl methyl sites for hydroxylation is 2. The molecule has 128 valence electrons. The van der Waals surface area contributed by atoms with Gasteiger partial charge in [-0.25, -0.2) is 14.3 Å². The van der Waals surface area contributed by atoms with E-state index in [0.29, 0.717) is 19.5 Å². The van der Waals surface area contributed by atoms with Gasteiger partial charge in [-0.15, -0.1) is 0 Å². The third kappa shape index (κ3) is 4.16. The van der Waals surface area contributed by atoms with Crippen LogP contribution in [0.25, 0.3) is 0 Å². The zero-order valence-corrected chi connectivity index (χ0v) is 15.5. The number of carbonyl (C=O) groups is 1. The fraction of sp³-hybridized carbons (Fsp3) is 0.438. The summed E-state index contributed by atoms with van der Waals surface area (Å²) in [7, 11) is 0. The van der Waals surface area contributed by atoms with E-state index in [-0.39, 0.29) is 11.7 Å². The summed E-state index contributed by atoms with van der Waals surface area (Å²) in [5.74, 6) is 0.885. The average Bonchev–Trinajstić information content (AvgIpc) is 2.88. The first kappa shape index (κ1) is 17.0. The molecule has 3 rings (SSSR count). The summed E-state index contributed by atoms with van der Waals surface area (Å²) in [5, 5.41) is 9.97. The lowest BCUT2D eigenvalue weighted by molar-refractivity contribution is 0.251. The molecule has 1 aliphatic rings. The number of aromatic nitrogens is 3. The maximum Gasteiger partial charge on any atom is 0.345 e. The highest BCUT2D eigenvalue weighted by Gasteiger charge is 2.16. The van der Waals surface area contributed by atoms with Crippen molar-refractivity contribution >= 4 is 34.3 Å². The van der Waals surface area contributed by atoms with Crippen molar-refractivity contribution in [1.29, 1.82) is 0 Å². The third-order valence-corrected chi connectivity index (χ3v) is 4.62. The molecular formula is C16H20IN5O2. The van der Waals surface area contributed by atoms with Gasteiger partial charge in [0.25, 0.3) is 0 Å². The van der Waals surface area contributed by atoms with Gasteiger partial charge in [-0.1, -0.05) is 6.07 Å². The highest BCUT2D eigenvalue weighted by molar-refractivity contribution is 14.1. The fourth-order valence-electron chi connectivity index (χ4n) is 2.77. The smallest absolute Gasteiger partial charge is 0.338 e. The van der Waals surface area contributed by atoms with Crippen molar-refractivity contribution in [2.75, 3.05) is 11.9 Å². The maximum atomic E-state index is 12.2. The van der Waals surface area contributed by atoms with E-state index in [1.807, 2.05) is 24.3 Å². The van der Waals surface area contributed by atoms with Gasteiger partial charge in [-0.2, -0.15) is 5.10 Å². The van der Waals surface area contributed by atoms with Gasteiger partial charge in [0.1, 0.15) is 5.82 Å². The molecule has 0 spiro atoms. The van der Waals surface area contributed by atoms with E-state index in [9.17, 15) is 9.59 Å². The molecule has 0 bridgehead atoms. The van der Waals surface area contributed by atoms with E-state index >= 15 is 0 Å². The standard InChI is InChI=1S/C16H20IN5O2/c17-12-5-3-6-13(11-12)19-15(23)18-8-4-10-22-16(24)21-9-2-1-7-14(21)20-22/h3,5-6,11H,1-2,4,7-10H2,(H2,18,19,23). The van der Waals surface area contributed by atoms with Gasteiger partial charge >= 0.3 is 11.7 Å². The van der Waals surface area contributed by atoms with Gasteiger partial charge in [0.05, 0.1) is 0 Å². The Morgan fingerprint density at radius 2 is 2.21 bits per heavy atom. The van der Waals surface area contributed by atoms with E-state index in [4.69, 9.17) is 0 Å². The van der Waals surface area contributed by atoms with Crippen molar-refractivity contribution in [1.82, 2.24) is 19.7 Å². The van der Waals surface area contributed by atoms with Crippen molar-refractivity contribution in [3.63, 3.8) is 0 Å². The number of urea groups is 1. The molecule has 0 unspecified atom stereocenters. The molecule has 0 saturated carbocycles. The van der Waals surface area contributed by atoms with Gasteiger partial charge in [0.15, 0.2) is 0 Å². The van der Waals surface area contributed by atoms with E-state index in [1.54, 1.807) is 4.57 Å². The van der Waals surface area contributed by atoms with Crippen LogP contribution in [0.15, 0.2) is 29.1 Å². The summed E-state index contributed by atoms with van der Waals surface area (Å²) < 4.78 is 4.34. The number of rotatable bonds is 5. The molecule has 0 atom stereocenters. The Kier molecular flexibility index (Phi) is 5.54. The Balaban J connectivity index is 1.45. The number of anilines is 1. The van der Waals surface area contributed by atoms with Crippen LogP contribution in [0.5, 0.6) is 0 Å². The second-order valence-electron chi connectivity index (χ2n) is 5.78. The molecule has 24 heavy (non-hydrogen) atoms. The van der Waals surface area contributed by atoms with E-state index < -0.39 is 0 Å². The minimum Gasteiger partial charge on any atom is -0.338 e. The number of nitrogens with zero attached hydrogens (tertiary/aromatic N) is 3. The van der Waals surface area contributed by atoms with Gasteiger partial charge in [-0.3, -0.25) is 4.57 Å². The van der Waals surface area contributed by atoms with Crippen LogP contribution in [-0.2, 0) is 19.5 Å². The molecular weight excluding hydrogens is 421 g/mol. The van der Waals surface area contributed by atoms with Gasteiger partial charge in [0.2, 0.25) is 0 Å². The van der Waals surface area contributed by atoms with E-state index in [2.05, 4.69) is 38.3 Å². The Morgan fingerprint density at radius 1 is 1.33 bits per heavy atom. The van der Waals surface area contributed by atoms with Crippen LogP contribution in [-0.4, -0.2) is 26.9 Å². The maximum absolute atomic E-state index is 12.2. The summed E-state index contributed by atoms with van der Waals surface area (Å²) in [5.41, 5.74) is 0.727. The Bertz CT molecular complexity index is 783. The fourth-order valence-corrected chi connectivity index (χ4v) is 3.31. The summed E-state index contributed by atoms with van der Waals surface area (Å²) >= 11 is 2.20. The lowest BCUT2D eigenvalue weighted by Crippen LogP contribution is -2.31. The number of hydrogen-bond donors (Lipinski definition) is 2. The van der Waals surface area contributed by atoms with Gasteiger partial charge in [-0.05, 0) is 60.1 Å². The minimum atomic E-state index is -0.242. The topological polar surface area (TPSA) is 81.0 Å². The molecule has 1 aromatic carbocycles. The molecule has 2 amide bonds. The number of hydrogen-bond acceptors (Lipinski definition) is 3. The van der Waals surface area contributed by atoms with Crippen molar-refractivity contribution in [2.24, 2.45) is 0 Å². The summed E-state index contributed by atoms with van der Waals surface area (Å²) in [6.45, 7) is 1.78. The monoisotopic (exact) mass is 441 g/mol. The van der Waals surface area contributed by atoms with E-state index in [0.717, 1.165) is 40.9 Å². The van der Waals surface area contributed by atoms with Crippen molar-refractivity contribution in [3.8, 4) is 0 Å². The van der Waals surface area contributed by atoms with Crippen molar-refractivity contribution in [2.45, 2.75) is 38.8 Å². The average molecular weight is 441 g/mol. The predicted octanol–water partition coefficient (Wildman–Crippen LogP) is 2.20. The molecule has 1 aromatic heterocycles. The third-order valence-electron chi connectivity index (χ3n) is 3.95. The van der Waals surface area contributed by atoms with Crippen LogP contribution in [0.2, 0.25) is 0 Å². The first-order valence-corrected chi connectivity index (χ1v) is 9.18. The number of amides is 2. The summed E-state index contributed by atoms with van der Waals surface area (Å²) in [4.78, 5) is 24.0. The molecule has 1 aliphatic heterocycles. The second kappa shape index (κ2) is 7.82. The molecule has 8 heteroatoms. The number of benzene rings is 1. The lowest BCUT2D eigenvalue weighted by atomic mass is 10.2. The van der Waals surface area contributed by atoms with Crippen LogP contribution >= 0.6 is 22.6 Å². The predicted molar refractivity (Wildman–Crippen MR) is 100 cm³/mol. The van der Waals surface area contributed by atoms with Crippen LogP contribution in [0, 0.1) is 3.57 Å². The number of nitrogens with one attached hydrogen (secondary N) is 2. The molecule has 0 aliphatic carbocycles. The molecule has 2 heterocycles. The Labute approximate surface area is 153 Å². The number of halogens is 1. The highest BCUT2D eigenvalue weighted by atomic mass is 127. The van der Waals surface area contributed by atoms with E-state index in [1.165, 1.54) is 4.68 Å². The molecule has 2 N–H and O–H groups in total. The molecule has 7 nitrogen and oxygen atoms in total. The zero-order valence-electron chi connectivity index (χ0n) is 13.3. The van der Waals surface area contributed by atoms with Crippen LogP contribution in [0.3, 0.4) is 0 Å². The first-order valence-electron chi connectivity index (χ1n) is 8.10. The number of carbonyl (C=O) groups excluding carboxylic acids is 1. The van der Waals surface area contributed by atoms with Crippen molar-refractivity contribution in [3.05, 3.63) is 44.1 Å². The van der Waals surface area contributed by atoms with Crippen molar-refractivity contribution < 1.29 is 4.79 Å². The lowest BCUT2D eigenvalue weighted by Gasteiger charge is -2.09. The second-order valence-corrected chi connectivity index (χ2v) is 7.02. The largest absolute Gasteiger partial charge is 0.345 e. The van der Waals surface area contributed by atoms with Crippen LogP contribution in [0.1, 0.15) is 25.1 Å². The normalized spacial score (nSPS) is 13.4. The highest BCUT2D eigenvalue weighted by Crippen LogP contribution is 2.12. The zero-order chi connectivity index (χ0) is 16.9. The molecule has 0 fully saturated rings. The van der Waals surface area contributed by atoms with Gasteiger partial charge in [0, 0.05) is 35.3 Å². The molecule has 0 saturated heterocycles. The minimum absolute atomic E-state index is 0.0342. The van der Waals surface area contributed by atoms with Crippen LogP contribution < -0.4 is 16.3 Å². The summed E-state index contributed by atoms with van der Waals surface area (Å²) in [6, 6.07) is 7.36. The summed E-state index contributed by atoms with van der Waals surface area (Å²) in [6.07, 6.45) is 3.67. The van der Waals surface area contributed by atoms with Gasteiger partial charge < -0.3 is 10.6 Å². The Hall–Kier alpha value is -1.84.